The molecule has 1 unspecified atom stereocenters. The molecule has 0 radical (unpaired) electrons. The van der Waals surface area contributed by atoms with E-state index in [1.807, 2.05) is 19.1 Å². The number of aliphatic imine (C=N–C) groups is 1. The number of aryl methyl sites for hydroxylation is 1. The lowest BCUT2D eigenvalue weighted by atomic mass is 10.0. The fourth-order valence-corrected chi connectivity index (χ4v) is 5.36. The van der Waals surface area contributed by atoms with Gasteiger partial charge in [0.2, 0.25) is 10.0 Å². The Hall–Kier alpha value is -1.25. The zero-order valence-electron chi connectivity index (χ0n) is 15.9. The van der Waals surface area contributed by atoms with Crippen LogP contribution in [0.1, 0.15) is 31.0 Å². The zero-order chi connectivity index (χ0) is 19.0. The highest BCUT2D eigenvalue weighted by molar-refractivity contribution is 7.99. The van der Waals surface area contributed by atoms with Gasteiger partial charge in [0.25, 0.3) is 0 Å². The van der Waals surface area contributed by atoms with Crippen LogP contribution in [0.15, 0.2) is 29.3 Å². The van der Waals surface area contributed by atoms with E-state index in [0.29, 0.717) is 19.0 Å². The molecule has 0 aromatic heterocycles. The molecule has 1 fully saturated rings. The van der Waals surface area contributed by atoms with Crippen LogP contribution >= 0.6 is 11.8 Å². The lowest BCUT2D eigenvalue weighted by Crippen LogP contribution is -2.41. The summed E-state index contributed by atoms with van der Waals surface area (Å²) in [6.45, 7) is 8.36. The first-order valence-electron chi connectivity index (χ1n) is 9.10. The standard InChI is InChI=1S/C18H30N4O2S2/c1-4-19-18(21-16(3)17-8-6-5-7-15(17)2)20-9-14-26(23,24)22-10-12-25-13-11-22/h5-8,16H,4,9-14H2,1-3H3,(H2,19,20,21). The van der Waals surface area contributed by atoms with Crippen molar-refractivity contribution in [2.24, 2.45) is 4.99 Å². The number of hydrogen-bond acceptors (Lipinski definition) is 4. The number of guanidine groups is 1. The van der Waals surface area contributed by atoms with Gasteiger partial charge >= 0.3 is 0 Å². The number of benzene rings is 1. The van der Waals surface area contributed by atoms with Crippen LogP contribution in [-0.4, -0.2) is 62.1 Å². The van der Waals surface area contributed by atoms with E-state index in [4.69, 9.17) is 0 Å². The molecule has 0 spiro atoms. The fraction of sp³-hybridized carbons (Fsp3) is 0.611. The minimum Gasteiger partial charge on any atom is -0.357 e. The average Bonchev–Trinajstić information content (AvgIpc) is 2.62. The molecule has 1 saturated heterocycles. The van der Waals surface area contributed by atoms with Gasteiger partial charge in [0.05, 0.1) is 18.3 Å². The van der Waals surface area contributed by atoms with Crippen LogP contribution in [0.2, 0.25) is 0 Å². The summed E-state index contributed by atoms with van der Waals surface area (Å²) >= 11 is 1.80. The first-order chi connectivity index (χ1) is 12.4. The van der Waals surface area contributed by atoms with Crippen LogP contribution in [0.25, 0.3) is 0 Å². The van der Waals surface area contributed by atoms with Crippen molar-refractivity contribution in [3.05, 3.63) is 35.4 Å². The molecule has 0 bridgehead atoms. The maximum atomic E-state index is 12.4. The molecule has 2 rings (SSSR count). The van der Waals surface area contributed by atoms with Gasteiger partial charge in [-0.25, -0.2) is 12.7 Å². The molecule has 1 aromatic carbocycles. The van der Waals surface area contributed by atoms with Crippen LogP contribution in [0.3, 0.4) is 0 Å². The van der Waals surface area contributed by atoms with Gasteiger partial charge in [-0.15, -0.1) is 0 Å². The molecule has 0 amide bonds. The van der Waals surface area contributed by atoms with Gasteiger partial charge in [-0.3, -0.25) is 4.99 Å². The van der Waals surface area contributed by atoms with Crippen LogP contribution in [0.4, 0.5) is 0 Å². The molecule has 0 aliphatic carbocycles. The van der Waals surface area contributed by atoms with Crippen LogP contribution in [0, 0.1) is 6.92 Å². The number of nitrogens with zero attached hydrogens (tertiary/aromatic N) is 2. The quantitative estimate of drug-likeness (QED) is 0.543. The van der Waals surface area contributed by atoms with E-state index in [0.717, 1.165) is 18.1 Å². The van der Waals surface area contributed by atoms with Crippen molar-refractivity contribution >= 4 is 27.7 Å². The van der Waals surface area contributed by atoms with E-state index in [1.165, 1.54) is 11.1 Å². The van der Waals surface area contributed by atoms with Crippen LogP contribution < -0.4 is 10.6 Å². The Morgan fingerprint density at radius 1 is 1.31 bits per heavy atom. The van der Waals surface area contributed by atoms with E-state index in [2.05, 4.69) is 41.6 Å². The molecule has 0 saturated carbocycles. The lowest BCUT2D eigenvalue weighted by Gasteiger charge is -2.25. The van der Waals surface area contributed by atoms with Crippen molar-refractivity contribution in [3.8, 4) is 0 Å². The molecule has 6 nitrogen and oxygen atoms in total. The molecule has 1 aliphatic heterocycles. The Bertz CT molecular complexity index is 701. The summed E-state index contributed by atoms with van der Waals surface area (Å²) in [5.74, 6) is 2.45. The molecule has 8 heteroatoms. The second-order valence-electron chi connectivity index (χ2n) is 6.31. The predicted molar refractivity (Wildman–Crippen MR) is 111 cm³/mol. The molecule has 1 heterocycles. The molecular weight excluding hydrogens is 368 g/mol. The number of thioether (sulfide) groups is 1. The van der Waals surface area contributed by atoms with Gasteiger partial charge < -0.3 is 10.6 Å². The summed E-state index contributed by atoms with van der Waals surface area (Å²) in [5, 5.41) is 6.56. The normalized spacial score (nSPS) is 17.7. The van der Waals surface area contributed by atoms with Crippen molar-refractivity contribution in [1.82, 2.24) is 14.9 Å². The summed E-state index contributed by atoms with van der Waals surface area (Å²) in [5.41, 5.74) is 2.42. The molecule has 1 aromatic rings. The topological polar surface area (TPSA) is 73.8 Å². The third-order valence-electron chi connectivity index (χ3n) is 4.34. The molecule has 1 aliphatic rings. The molecular formula is C18H30N4O2S2. The maximum absolute atomic E-state index is 12.4. The van der Waals surface area contributed by atoms with Crippen molar-refractivity contribution in [3.63, 3.8) is 0 Å². The summed E-state index contributed by atoms with van der Waals surface area (Å²) in [7, 11) is -3.22. The van der Waals surface area contributed by atoms with Gasteiger partial charge in [-0.1, -0.05) is 24.3 Å². The number of sulfonamides is 1. The highest BCUT2D eigenvalue weighted by Crippen LogP contribution is 2.16. The van der Waals surface area contributed by atoms with E-state index in [1.54, 1.807) is 16.1 Å². The van der Waals surface area contributed by atoms with E-state index in [9.17, 15) is 8.42 Å². The first kappa shape index (κ1) is 21.1. The second kappa shape index (κ2) is 10.2. The van der Waals surface area contributed by atoms with E-state index in [-0.39, 0.29) is 18.3 Å². The summed E-state index contributed by atoms with van der Waals surface area (Å²) in [6.07, 6.45) is 0. The van der Waals surface area contributed by atoms with Crippen LogP contribution in [-0.2, 0) is 10.0 Å². The maximum Gasteiger partial charge on any atom is 0.215 e. The summed E-state index contributed by atoms with van der Waals surface area (Å²) < 4.78 is 26.4. The average molecular weight is 399 g/mol. The van der Waals surface area contributed by atoms with Crippen LogP contribution in [0.5, 0.6) is 0 Å². The van der Waals surface area contributed by atoms with Crippen molar-refractivity contribution < 1.29 is 8.42 Å². The third kappa shape index (κ3) is 6.17. The summed E-state index contributed by atoms with van der Waals surface area (Å²) in [4.78, 5) is 4.47. The van der Waals surface area contributed by atoms with E-state index < -0.39 is 10.0 Å². The highest BCUT2D eigenvalue weighted by atomic mass is 32.2. The van der Waals surface area contributed by atoms with Crippen molar-refractivity contribution in [2.45, 2.75) is 26.8 Å². The van der Waals surface area contributed by atoms with Gasteiger partial charge in [0.15, 0.2) is 5.96 Å². The van der Waals surface area contributed by atoms with Crippen molar-refractivity contribution in [2.75, 3.05) is 43.4 Å². The van der Waals surface area contributed by atoms with Gasteiger partial charge in [-0.05, 0) is 31.9 Å². The molecule has 1 atom stereocenters. The smallest absolute Gasteiger partial charge is 0.215 e. The second-order valence-corrected chi connectivity index (χ2v) is 9.62. The Morgan fingerprint density at radius 2 is 2.00 bits per heavy atom. The Balaban J connectivity index is 1.96. The monoisotopic (exact) mass is 398 g/mol. The first-order valence-corrected chi connectivity index (χ1v) is 11.9. The Labute approximate surface area is 161 Å². The van der Waals surface area contributed by atoms with Gasteiger partial charge in [0.1, 0.15) is 0 Å². The Kier molecular flexibility index (Phi) is 8.24. The fourth-order valence-electron chi connectivity index (χ4n) is 2.90. The van der Waals surface area contributed by atoms with E-state index >= 15 is 0 Å². The predicted octanol–water partition coefficient (Wildman–Crippen LogP) is 1.99. The Morgan fingerprint density at radius 3 is 2.65 bits per heavy atom. The molecule has 146 valence electrons. The lowest BCUT2D eigenvalue weighted by molar-refractivity contribution is 0.444. The highest BCUT2D eigenvalue weighted by Gasteiger charge is 2.23. The minimum atomic E-state index is -3.22. The third-order valence-corrected chi connectivity index (χ3v) is 7.13. The summed E-state index contributed by atoms with van der Waals surface area (Å²) in [6, 6.07) is 8.31. The largest absolute Gasteiger partial charge is 0.357 e. The molecule has 2 N–H and O–H groups in total. The number of nitrogens with one attached hydrogen (secondary N) is 2. The number of rotatable bonds is 7. The molecule has 26 heavy (non-hydrogen) atoms. The number of hydrogen-bond donors (Lipinski definition) is 2. The van der Waals surface area contributed by atoms with Gasteiger partial charge in [-0.2, -0.15) is 11.8 Å². The minimum absolute atomic E-state index is 0.0486. The van der Waals surface area contributed by atoms with Gasteiger partial charge in [0, 0.05) is 31.1 Å². The zero-order valence-corrected chi connectivity index (χ0v) is 17.5. The SMILES string of the molecule is CCNC(=NCCS(=O)(=O)N1CCSCC1)NC(C)c1ccccc1C. The van der Waals surface area contributed by atoms with Crippen molar-refractivity contribution in [1.29, 1.82) is 0 Å².